The molecule has 0 heterocycles. The van der Waals surface area contributed by atoms with E-state index in [1.807, 2.05) is 30.3 Å². The normalized spacial score (nSPS) is 10.1. The molecular formula is C20H21ClN2O4. The Morgan fingerprint density at radius 3 is 2.33 bits per heavy atom. The average Bonchev–Trinajstić information content (AvgIpc) is 2.69. The molecule has 0 saturated heterocycles. The van der Waals surface area contributed by atoms with Crippen LogP contribution >= 0.6 is 11.6 Å². The summed E-state index contributed by atoms with van der Waals surface area (Å²) in [5.41, 5.74) is 5.94. The predicted molar refractivity (Wildman–Crippen MR) is 102 cm³/mol. The number of amides is 2. The maximum absolute atomic E-state index is 11.9. The number of ether oxygens (including phenoxy) is 1. The number of aryl methyl sites for hydroxylation is 1. The molecule has 142 valence electrons. The summed E-state index contributed by atoms with van der Waals surface area (Å²) in [7, 11) is 0. The lowest BCUT2D eigenvalue weighted by atomic mass is 10.1. The lowest BCUT2D eigenvalue weighted by Gasteiger charge is -2.08. The van der Waals surface area contributed by atoms with Crippen LogP contribution in [-0.4, -0.2) is 24.4 Å². The van der Waals surface area contributed by atoms with Gasteiger partial charge in [0.25, 0.3) is 5.91 Å². The van der Waals surface area contributed by atoms with Gasteiger partial charge >= 0.3 is 5.97 Å². The van der Waals surface area contributed by atoms with Crippen molar-refractivity contribution in [3.05, 3.63) is 70.7 Å². The van der Waals surface area contributed by atoms with Crippen molar-refractivity contribution in [2.24, 2.45) is 0 Å². The third-order valence-corrected chi connectivity index (χ3v) is 4.04. The smallest absolute Gasteiger partial charge is 0.306 e. The lowest BCUT2D eigenvalue weighted by molar-refractivity contribution is -0.145. The van der Waals surface area contributed by atoms with E-state index in [1.165, 1.54) is 11.6 Å². The largest absolute Gasteiger partial charge is 0.466 e. The van der Waals surface area contributed by atoms with Crippen LogP contribution in [0, 0.1) is 0 Å². The van der Waals surface area contributed by atoms with Crippen molar-refractivity contribution in [3.8, 4) is 0 Å². The van der Waals surface area contributed by atoms with Gasteiger partial charge in [-0.25, -0.2) is 0 Å². The zero-order valence-electron chi connectivity index (χ0n) is 14.7. The second-order valence-electron chi connectivity index (χ2n) is 5.79. The van der Waals surface area contributed by atoms with Crippen molar-refractivity contribution in [1.82, 2.24) is 10.9 Å². The number of hydrogen-bond donors (Lipinski definition) is 2. The molecule has 0 spiro atoms. The topological polar surface area (TPSA) is 84.5 Å². The summed E-state index contributed by atoms with van der Waals surface area (Å²) in [6.45, 7) is 0.304. The van der Waals surface area contributed by atoms with E-state index in [9.17, 15) is 14.4 Å². The van der Waals surface area contributed by atoms with Gasteiger partial charge in [0.05, 0.1) is 23.6 Å². The molecule has 2 aromatic rings. The van der Waals surface area contributed by atoms with Gasteiger partial charge in [-0.2, -0.15) is 0 Å². The summed E-state index contributed by atoms with van der Waals surface area (Å²) in [5, 5.41) is 0.281. The zero-order chi connectivity index (χ0) is 19.5. The molecule has 0 unspecified atom stereocenters. The summed E-state index contributed by atoms with van der Waals surface area (Å²) in [4.78, 5) is 35.3. The first-order chi connectivity index (χ1) is 13.1. The van der Waals surface area contributed by atoms with Crippen LogP contribution < -0.4 is 10.9 Å². The maximum Gasteiger partial charge on any atom is 0.306 e. The lowest BCUT2D eigenvalue weighted by Crippen LogP contribution is -2.41. The molecule has 27 heavy (non-hydrogen) atoms. The number of hydrazine groups is 1. The standard InChI is InChI=1S/C20H21ClN2O4/c21-17-11-5-4-10-16(17)20(26)23-22-18(24)12-13-19(25)27-14-6-9-15-7-2-1-3-8-15/h1-5,7-8,10-11H,6,9,12-14H2,(H,22,24)(H,23,26). The van der Waals surface area contributed by atoms with Gasteiger partial charge in [-0.15, -0.1) is 0 Å². The molecule has 0 aliphatic heterocycles. The van der Waals surface area contributed by atoms with Gasteiger partial charge in [0, 0.05) is 6.42 Å². The van der Waals surface area contributed by atoms with E-state index in [1.54, 1.807) is 18.2 Å². The molecule has 2 amide bonds. The molecule has 2 rings (SSSR count). The second-order valence-corrected chi connectivity index (χ2v) is 6.20. The number of esters is 1. The van der Waals surface area contributed by atoms with E-state index in [0.29, 0.717) is 6.61 Å². The Hall–Kier alpha value is -2.86. The van der Waals surface area contributed by atoms with Crippen molar-refractivity contribution in [2.45, 2.75) is 25.7 Å². The summed E-state index contributed by atoms with van der Waals surface area (Å²) < 4.78 is 5.10. The van der Waals surface area contributed by atoms with E-state index >= 15 is 0 Å². The van der Waals surface area contributed by atoms with Crippen molar-refractivity contribution >= 4 is 29.4 Å². The predicted octanol–water partition coefficient (Wildman–Crippen LogP) is 3.06. The summed E-state index contributed by atoms with van der Waals surface area (Å²) in [6, 6.07) is 16.4. The van der Waals surface area contributed by atoms with Gasteiger partial charge in [0.2, 0.25) is 5.91 Å². The maximum atomic E-state index is 11.9. The molecule has 6 nitrogen and oxygen atoms in total. The van der Waals surface area contributed by atoms with E-state index < -0.39 is 17.8 Å². The molecular weight excluding hydrogens is 368 g/mol. The summed E-state index contributed by atoms with van der Waals surface area (Å²) >= 11 is 5.90. The van der Waals surface area contributed by atoms with Gasteiger partial charge in [-0.1, -0.05) is 54.1 Å². The van der Waals surface area contributed by atoms with E-state index in [-0.39, 0.29) is 23.4 Å². The Balaban J connectivity index is 1.58. The van der Waals surface area contributed by atoms with Crippen LogP contribution in [0.3, 0.4) is 0 Å². The monoisotopic (exact) mass is 388 g/mol. The van der Waals surface area contributed by atoms with Crippen LogP contribution in [0.4, 0.5) is 0 Å². The van der Waals surface area contributed by atoms with Gasteiger partial charge in [0.1, 0.15) is 0 Å². The average molecular weight is 389 g/mol. The van der Waals surface area contributed by atoms with E-state index in [0.717, 1.165) is 12.8 Å². The molecule has 0 aliphatic carbocycles. The highest BCUT2D eigenvalue weighted by atomic mass is 35.5. The molecule has 0 aliphatic rings. The minimum atomic E-state index is -0.530. The number of carbonyl (C=O) groups is 3. The molecule has 7 heteroatoms. The molecule has 0 aromatic heterocycles. The molecule has 0 radical (unpaired) electrons. The SMILES string of the molecule is O=C(CCC(=O)OCCCc1ccccc1)NNC(=O)c1ccccc1Cl. The Bertz CT molecular complexity index is 781. The first-order valence-corrected chi connectivity index (χ1v) is 8.97. The van der Waals surface area contributed by atoms with Gasteiger partial charge in [-0.3, -0.25) is 25.2 Å². The van der Waals surface area contributed by atoms with Gasteiger partial charge < -0.3 is 4.74 Å². The molecule has 2 aromatic carbocycles. The Labute approximate surface area is 162 Å². The van der Waals surface area contributed by atoms with Crippen LogP contribution in [0.25, 0.3) is 0 Å². The number of nitrogens with one attached hydrogen (secondary N) is 2. The Morgan fingerprint density at radius 1 is 0.889 bits per heavy atom. The number of benzene rings is 2. The van der Waals surface area contributed by atoms with E-state index in [2.05, 4.69) is 10.9 Å². The molecule has 0 saturated carbocycles. The number of rotatable bonds is 8. The van der Waals surface area contributed by atoms with Crippen LogP contribution in [0.15, 0.2) is 54.6 Å². The van der Waals surface area contributed by atoms with E-state index in [4.69, 9.17) is 16.3 Å². The molecule has 0 fully saturated rings. The van der Waals surface area contributed by atoms with Crippen LogP contribution in [0.1, 0.15) is 35.2 Å². The van der Waals surface area contributed by atoms with Crippen LogP contribution in [-0.2, 0) is 20.7 Å². The quantitative estimate of drug-likeness (QED) is 0.413. The first kappa shape index (κ1) is 20.5. The minimum absolute atomic E-state index is 0.0564. The Kier molecular flexibility index (Phi) is 8.32. The number of hydrogen-bond acceptors (Lipinski definition) is 4. The fourth-order valence-corrected chi connectivity index (χ4v) is 2.52. The highest BCUT2D eigenvalue weighted by Crippen LogP contribution is 2.14. The third-order valence-electron chi connectivity index (χ3n) is 3.71. The third kappa shape index (κ3) is 7.50. The summed E-state index contributed by atoms with van der Waals surface area (Å²) in [6.07, 6.45) is 1.40. The summed E-state index contributed by atoms with van der Waals surface area (Å²) in [5.74, 6) is -1.47. The number of halogens is 1. The van der Waals surface area contributed by atoms with Crippen molar-refractivity contribution in [2.75, 3.05) is 6.61 Å². The zero-order valence-corrected chi connectivity index (χ0v) is 15.5. The van der Waals surface area contributed by atoms with Crippen molar-refractivity contribution < 1.29 is 19.1 Å². The molecule has 0 bridgehead atoms. The molecule has 2 N–H and O–H groups in total. The highest BCUT2D eigenvalue weighted by Gasteiger charge is 2.12. The molecule has 0 atom stereocenters. The van der Waals surface area contributed by atoms with Crippen LogP contribution in [0.2, 0.25) is 5.02 Å². The Morgan fingerprint density at radius 2 is 1.59 bits per heavy atom. The van der Waals surface area contributed by atoms with Crippen LogP contribution in [0.5, 0.6) is 0 Å². The number of carbonyl (C=O) groups excluding carboxylic acids is 3. The van der Waals surface area contributed by atoms with Crippen molar-refractivity contribution in [3.63, 3.8) is 0 Å². The fraction of sp³-hybridized carbons (Fsp3) is 0.250. The van der Waals surface area contributed by atoms with Crippen molar-refractivity contribution in [1.29, 1.82) is 0 Å². The highest BCUT2D eigenvalue weighted by molar-refractivity contribution is 6.33. The first-order valence-electron chi connectivity index (χ1n) is 8.59. The second kappa shape index (κ2) is 11.0. The van der Waals surface area contributed by atoms with Gasteiger partial charge in [0.15, 0.2) is 0 Å². The fourth-order valence-electron chi connectivity index (χ4n) is 2.30. The minimum Gasteiger partial charge on any atom is -0.466 e. The van der Waals surface area contributed by atoms with Gasteiger partial charge in [-0.05, 0) is 30.5 Å².